The highest BCUT2D eigenvalue weighted by molar-refractivity contribution is 5.89. The van der Waals surface area contributed by atoms with Crippen molar-refractivity contribution in [3.63, 3.8) is 0 Å². The summed E-state index contributed by atoms with van der Waals surface area (Å²) < 4.78 is 5.93. The zero-order valence-electron chi connectivity index (χ0n) is 15.1. The molecule has 0 spiro atoms. The van der Waals surface area contributed by atoms with Gasteiger partial charge in [-0.1, -0.05) is 6.07 Å². The average molecular weight is 345 g/mol. The number of hydrogen-bond acceptors (Lipinski definition) is 4. The number of carbonyl (C=O) groups is 2. The van der Waals surface area contributed by atoms with Gasteiger partial charge >= 0.3 is 0 Å². The number of piperidine rings is 1. The third-order valence-electron chi connectivity index (χ3n) is 5.08. The van der Waals surface area contributed by atoms with Gasteiger partial charge in [0, 0.05) is 38.3 Å². The highest BCUT2D eigenvalue weighted by Gasteiger charge is 2.38. The molecule has 2 saturated heterocycles. The van der Waals surface area contributed by atoms with Gasteiger partial charge in [0.05, 0.1) is 24.3 Å². The summed E-state index contributed by atoms with van der Waals surface area (Å²) in [5.41, 5.74) is 0.930. The summed E-state index contributed by atoms with van der Waals surface area (Å²) >= 11 is 0. The molecule has 2 fully saturated rings. The highest BCUT2D eigenvalue weighted by atomic mass is 16.5. The molecule has 0 aromatic carbocycles. The standard InChI is InChI=1S/C19H27N3O3/c1-14(2)22-12-15(11-18(22)23)19(24)21-9-6-17(7-10-21)25-13-16-5-3-4-8-20-16/h3-5,8,14-15,17H,6-7,9-13H2,1-2H3/t15-/m0/s1. The monoisotopic (exact) mass is 345 g/mol. The van der Waals surface area contributed by atoms with Crippen LogP contribution in [0, 0.1) is 5.92 Å². The Kier molecular flexibility index (Phi) is 5.68. The SMILES string of the molecule is CC(C)N1C[C@@H](C(=O)N2CCC(OCc3ccccn3)CC2)CC1=O. The third-order valence-corrected chi connectivity index (χ3v) is 5.08. The van der Waals surface area contributed by atoms with Crippen molar-refractivity contribution in [3.05, 3.63) is 30.1 Å². The van der Waals surface area contributed by atoms with Gasteiger partial charge in [-0.2, -0.15) is 0 Å². The molecule has 25 heavy (non-hydrogen) atoms. The van der Waals surface area contributed by atoms with Gasteiger partial charge in [-0.3, -0.25) is 14.6 Å². The van der Waals surface area contributed by atoms with Crippen molar-refractivity contribution in [2.24, 2.45) is 5.92 Å². The number of hydrogen-bond donors (Lipinski definition) is 0. The van der Waals surface area contributed by atoms with E-state index in [4.69, 9.17) is 4.74 Å². The zero-order valence-corrected chi connectivity index (χ0v) is 15.1. The molecule has 0 aliphatic carbocycles. The number of amides is 2. The van der Waals surface area contributed by atoms with Gasteiger partial charge in [-0.05, 0) is 38.8 Å². The van der Waals surface area contributed by atoms with Crippen molar-refractivity contribution < 1.29 is 14.3 Å². The van der Waals surface area contributed by atoms with E-state index in [1.165, 1.54) is 0 Å². The molecule has 3 heterocycles. The quantitative estimate of drug-likeness (QED) is 0.817. The molecular formula is C19H27N3O3. The molecule has 0 N–H and O–H groups in total. The number of likely N-dealkylation sites (tertiary alicyclic amines) is 2. The van der Waals surface area contributed by atoms with Crippen LogP contribution in [0.25, 0.3) is 0 Å². The van der Waals surface area contributed by atoms with Gasteiger partial charge in [0.25, 0.3) is 0 Å². The second-order valence-corrected chi connectivity index (χ2v) is 7.20. The first-order valence-electron chi connectivity index (χ1n) is 9.14. The van der Waals surface area contributed by atoms with Crippen molar-refractivity contribution in [2.45, 2.75) is 51.9 Å². The normalized spacial score (nSPS) is 22.0. The molecule has 0 unspecified atom stereocenters. The summed E-state index contributed by atoms with van der Waals surface area (Å²) in [6, 6.07) is 5.96. The molecule has 2 amide bonds. The molecule has 1 aromatic heterocycles. The van der Waals surface area contributed by atoms with Crippen LogP contribution >= 0.6 is 0 Å². The molecule has 2 aliphatic rings. The topological polar surface area (TPSA) is 62.7 Å². The Morgan fingerprint density at radius 3 is 2.68 bits per heavy atom. The first-order chi connectivity index (χ1) is 12.0. The summed E-state index contributed by atoms with van der Waals surface area (Å²) in [5.74, 6) is 0.0440. The van der Waals surface area contributed by atoms with Gasteiger partial charge in [0.1, 0.15) is 0 Å². The average Bonchev–Trinajstić information content (AvgIpc) is 3.03. The Morgan fingerprint density at radius 2 is 2.08 bits per heavy atom. The highest BCUT2D eigenvalue weighted by Crippen LogP contribution is 2.24. The molecule has 0 bridgehead atoms. The van der Waals surface area contributed by atoms with Crippen LogP contribution in [0.5, 0.6) is 0 Å². The number of rotatable bonds is 5. The molecule has 2 aliphatic heterocycles. The number of pyridine rings is 1. The van der Waals surface area contributed by atoms with Crippen LogP contribution in [0.4, 0.5) is 0 Å². The predicted molar refractivity (Wildman–Crippen MR) is 93.6 cm³/mol. The van der Waals surface area contributed by atoms with Crippen molar-refractivity contribution >= 4 is 11.8 Å². The van der Waals surface area contributed by atoms with Gasteiger partial charge in [0.15, 0.2) is 0 Å². The molecule has 1 atom stereocenters. The van der Waals surface area contributed by atoms with Crippen molar-refractivity contribution in [1.82, 2.24) is 14.8 Å². The molecule has 6 nitrogen and oxygen atoms in total. The summed E-state index contributed by atoms with van der Waals surface area (Å²) in [6.07, 6.45) is 3.97. The Bertz CT molecular complexity index is 597. The largest absolute Gasteiger partial charge is 0.372 e. The van der Waals surface area contributed by atoms with E-state index in [1.807, 2.05) is 41.8 Å². The van der Waals surface area contributed by atoms with E-state index in [-0.39, 0.29) is 29.9 Å². The number of aromatic nitrogens is 1. The second-order valence-electron chi connectivity index (χ2n) is 7.20. The molecule has 136 valence electrons. The van der Waals surface area contributed by atoms with Crippen molar-refractivity contribution in [3.8, 4) is 0 Å². The van der Waals surface area contributed by atoms with Crippen LogP contribution < -0.4 is 0 Å². The molecule has 0 saturated carbocycles. The number of ether oxygens (including phenoxy) is 1. The van der Waals surface area contributed by atoms with E-state index in [0.717, 1.165) is 18.5 Å². The lowest BCUT2D eigenvalue weighted by molar-refractivity contribution is -0.138. The molecule has 0 radical (unpaired) electrons. The lowest BCUT2D eigenvalue weighted by atomic mass is 10.0. The smallest absolute Gasteiger partial charge is 0.227 e. The molecule has 3 rings (SSSR count). The van der Waals surface area contributed by atoms with E-state index in [2.05, 4.69) is 4.98 Å². The van der Waals surface area contributed by atoms with Crippen molar-refractivity contribution in [1.29, 1.82) is 0 Å². The third kappa shape index (κ3) is 4.37. The fourth-order valence-electron chi connectivity index (χ4n) is 3.58. The Hall–Kier alpha value is -1.95. The van der Waals surface area contributed by atoms with Crippen LogP contribution in [-0.4, -0.2) is 58.4 Å². The Morgan fingerprint density at radius 1 is 1.32 bits per heavy atom. The maximum atomic E-state index is 12.7. The summed E-state index contributed by atoms with van der Waals surface area (Å²) in [5, 5.41) is 0. The maximum absolute atomic E-state index is 12.7. The fourth-order valence-corrected chi connectivity index (χ4v) is 3.58. The molecule has 6 heteroatoms. The lowest BCUT2D eigenvalue weighted by Gasteiger charge is -2.33. The van der Waals surface area contributed by atoms with Gasteiger partial charge in [0.2, 0.25) is 11.8 Å². The van der Waals surface area contributed by atoms with Crippen LogP contribution in [0.1, 0.15) is 38.8 Å². The second kappa shape index (κ2) is 7.95. The van der Waals surface area contributed by atoms with E-state index in [1.54, 1.807) is 6.20 Å². The minimum atomic E-state index is -0.180. The number of nitrogens with zero attached hydrogens (tertiary/aromatic N) is 3. The first kappa shape index (κ1) is 17.9. The van der Waals surface area contributed by atoms with Gasteiger partial charge in [-0.25, -0.2) is 0 Å². The Labute approximate surface area is 149 Å². The first-order valence-corrected chi connectivity index (χ1v) is 9.14. The number of carbonyl (C=O) groups excluding carboxylic acids is 2. The zero-order chi connectivity index (χ0) is 17.8. The summed E-state index contributed by atoms with van der Waals surface area (Å²) in [4.78, 5) is 32.7. The summed E-state index contributed by atoms with van der Waals surface area (Å²) in [7, 11) is 0. The lowest BCUT2D eigenvalue weighted by Crippen LogP contribution is -2.44. The van der Waals surface area contributed by atoms with Gasteiger partial charge in [-0.15, -0.1) is 0 Å². The Balaban J connectivity index is 1.44. The van der Waals surface area contributed by atoms with E-state index < -0.39 is 0 Å². The van der Waals surface area contributed by atoms with Gasteiger partial charge < -0.3 is 14.5 Å². The maximum Gasteiger partial charge on any atom is 0.227 e. The molecular weight excluding hydrogens is 318 g/mol. The fraction of sp³-hybridized carbons (Fsp3) is 0.632. The van der Waals surface area contributed by atoms with E-state index >= 15 is 0 Å². The molecule has 1 aromatic rings. The van der Waals surface area contributed by atoms with E-state index in [9.17, 15) is 9.59 Å². The minimum Gasteiger partial charge on any atom is -0.372 e. The van der Waals surface area contributed by atoms with Crippen molar-refractivity contribution in [2.75, 3.05) is 19.6 Å². The minimum absolute atomic E-state index is 0.0990. The van der Waals surface area contributed by atoms with Crippen LogP contribution in [-0.2, 0) is 20.9 Å². The predicted octanol–water partition coefficient (Wildman–Crippen LogP) is 1.85. The van der Waals surface area contributed by atoms with E-state index in [0.29, 0.717) is 32.7 Å². The summed E-state index contributed by atoms with van der Waals surface area (Å²) in [6.45, 7) is 6.48. The van der Waals surface area contributed by atoms with Crippen LogP contribution in [0.2, 0.25) is 0 Å². The van der Waals surface area contributed by atoms with Crippen LogP contribution in [0.15, 0.2) is 24.4 Å². The van der Waals surface area contributed by atoms with Crippen LogP contribution in [0.3, 0.4) is 0 Å².